The lowest BCUT2D eigenvalue weighted by Gasteiger charge is -2.19. The number of primary amides is 2. The van der Waals surface area contributed by atoms with Crippen LogP contribution in [0.15, 0.2) is 42.5 Å². The predicted molar refractivity (Wildman–Crippen MR) is 124 cm³/mol. The summed E-state index contributed by atoms with van der Waals surface area (Å²) in [5.74, 6) is -0.250. The van der Waals surface area contributed by atoms with Crippen molar-refractivity contribution in [3.05, 3.63) is 64.7 Å². The van der Waals surface area contributed by atoms with Gasteiger partial charge in [0.05, 0.1) is 18.2 Å². The average Bonchev–Trinajstić information content (AvgIpc) is 3.15. The van der Waals surface area contributed by atoms with Crippen LogP contribution in [0.4, 0.5) is 0 Å². The molecule has 3 aromatic carbocycles. The Hall–Kier alpha value is -3.80. The van der Waals surface area contributed by atoms with Crippen molar-refractivity contribution in [1.29, 1.82) is 0 Å². The van der Waals surface area contributed by atoms with Gasteiger partial charge in [0, 0.05) is 21.9 Å². The molecular weight excluding hydrogens is 390 g/mol. The van der Waals surface area contributed by atoms with Gasteiger partial charge in [-0.1, -0.05) is 32.0 Å². The molecule has 0 saturated carbocycles. The van der Waals surface area contributed by atoms with Crippen molar-refractivity contribution in [3.8, 4) is 16.9 Å². The number of benzene rings is 3. The number of aryl methyl sites for hydroxylation is 1. The molecule has 6 nitrogen and oxygen atoms in total. The fourth-order valence-corrected chi connectivity index (χ4v) is 4.54. The lowest BCUT2D eigenvalue weighted by Crippen LogP contribution is -2.16. The third-order valence-corrected chi connectivity index (χ3v) is 5.85. The molecule has 1 heterocycles. The van der Waals surface area contributed by atoms with Crippen molar-refractivity contribution >= 4 is 33.6 Å². The van der Waals surface area contributed by atoms with Gasteiger partial charge in [0.2, 0.25) is 5.91 Å². The van der Waals surface area contributed by atoms with Gasteiger partial charge >= 0.3 is 0 Å². The zero-order valence-electron chi connectivity index (χ0n) is 17.8. The van der Waals surface area contributed by atoms with Gasteiger partial charge in [-0.25, -0.2) is 0 Å². The molecule has 2 amide bonds. The van der Waals surface area contributed by atoms with Gasteiger partial charge in [0.1, 0.15) is 5.75 Å². The number of aromatic nitrogens is 1. The van der Waals surface area contributed by atoms with Crippen LogP contribution in [0.5, 0.6) is 5.75 Å². The first kappa shape index (κ1) is 20.5. The second kappa shape index (κ2) is 7.80. The lowest BCUT2D eigenvalue weighted by molar-refractivity contribution is 0.0992. The van der Waals surface area contributed by atoms with Crippen LogP contribution in [0.3, 0.4) is 0 Å². The Balaban J connectivity index is 2.22. The molecule has 0 fully saturated rings. The number of nitrogens with one attached hydrogen (secondary N) is 1. The fourth-order valence-electron chi connectivity index (χ4n) is 4.54. The molecule has 0 atom stereocenters. The Morgan fingerprint density at radius 2 is 1.71 bits per heavy atom. The summed E-state index contributed by atoms with van der Waals surface area (Å²) in [7, 11) is 1.63. The minimum atomic E-state index is -0.502. The molecule has 158 valence electrons. The van der Waals surface area contributed by atoms with Gasteiger partial charge in [-0.3, -0.25) is 9.59 Å². The van der Waals surface area contributed by atoms with Crippen LogP contribution in [-0.4, -0.2) is 23.9 Å². The largest absolute Gasteiger partial charge is 0.497 e. The van der Waals surface area contributed by atoms with Crippen LogP contribution in [0.25, 0.3) is 32.9 Å². The Morgan fingerprint density at radius 1 is 0.968 bits per heavy atom. The van der Waals surface area contributed by atoms with Crippen LogP contribution in [0.1, 0.15) is 45.7 Å². The van der Waals surface area contributed by atoms with E-state index in [-0.39, 0.29) is 0 Å². The van der Waals surface area contributed by atoms with E-state index in [1.807, 2.05) is 37.3 Å². The number of methoxy groups -OCH3 is 1. The lowest BCUT2D eigenvalue weighted by atomic mass is 9.85. The molecule has 0 bridgehead atoms. The van der Waals surface area contributed by atoms with E-state index in [1.165, 1.54) is 0 Å². The van der Waals surface area contributed by atoms with Crippen molar-refractivity contribution in [1.82, 2.24) is 4.98 Å². The summed E-state index contributed by atoms with van der Waals surface area (Å²) in [5, 5.41) is 1.86. The number of H-pyrrole nitrogens is 1. The molecule has 0 unspecified atom stereocenters. The van der Waals surface area contributed by atoms with Crippen molar-refractivity contribution in [3.63, 3.8) is 0 Å². The van der Waals surface area contributed by atoms with Crippen molar-refractivity contribution < 1.29 is 14.3 Å². The predicted octanol–water partition coefficient (Wildman–Crippen LogP) is 4.32. The van der Waals surface area contributed by atoms with Crippen LogP contribution in [0.2, 0.25) is 0 Å². The Labute approximate surface area is 180 Å². The molecule has 0 aliphatic rings. The van der Waals surface area contributed by atoms with Crippen molar-refractivity contribution in [2.45, 2.75) is 26.7 Å². The van der Waals surface area contributed by atoms with Crippen molar-refractivity contribution in [2.24, 2.45) is 11.5 Å². The molecule has 6 heteroatoms. The minimum Gasteiger partial charge on any atom is -0.497 e. The van der Waals surface area contributed by atoms with Gasteiger partial charge in [-0.05, 0) is 59.4 Å². The summed E-state index contributed by atoms with van der Waals surface area (Å²) in [4.78, 5) is 27.7. The maximum atomic E-state index is 12.7. The monoisotopic (exact) mass is 415 g/mol. The number of hydrogen-bond donors (Lipinski definition) is 3. The number of rotatable bonds is 6. The topological polar surface area (TPSA) is 111 Å². The summed E-state index contributed by atoms with van der Waals surface area (Å²) in [6.45, 7) is 4.11. The molecule has 4 aromatic rings. The normalized spacial score (nSPS) is 11.2. The van der Waals surface area contributed by atoms with Crippen molar-refractivity contribution in [2.75, 3.05) is 7.11 Å². The minimum absolute atomic E-state index is 0.404. The summed E-state index contributed by atoms with van der Waals surface area (Å²) >= 11 is 0. The number of carbonyl (C=O) groups excluding carboxylic acids is 2. The van der Waals surface area contributed by atoms with Gasteiger partial charge in [0.25, 0.3) is 5.91 Å². The highest BCUT2D eigenvalue weighted by Crippen LogP contribution is 2.41. The number of carbonyl (C=O) groups is 2. The smallest absolute Gasteiger partial charge is 0.251 e. The van der Waals surface area contributed by atoms with E-state index in [2.05, 4.69) is 11.9 Å². The van der Waals surface area contributed by atoms with E-state index >= 15 is 0 Å². The zero-order valence-corrected chi connectivity index (χ0v) is 17.8. The molecule has 31 heavy (non-hydrogen) atoms. The molecule has 0 spiro atoms. The second-order valence-electron chi connectivity index (χ2n) is 7.51. The third kappa shape index (κ3) is 3.20. The molecule has 0 saturated heterocycles. The van der Waals surface area contributed by atoms with E-state index in [0.717, 1.165) is 50.7 Å². The SMILES string of the molecule is CCc1c(-c2cccc(OC)c2)c(CC)c2c([nH]c3cc(C(N)=O)ccc32)c1C(N)=O. The number of ether oxygens (including phenoxy) is 1. The molecule has 4 rings (SSSR count). The van der Waals surface area contributed by atoms with Gasteiger partial charge in [-0.15, -0.1) is 0 Å². The van der Waals surface area contributed by atoms with E-state index in [9.17, 15) is 9.59 Å². The maximum absolute atomic E-state index is 12.7. The van der Waals surface area contributed by atoms with Crippen LogP contribution in [0, 0.1) is 0 Å². The molecule has 5 N–H and O–H groups in total. The highest BCUT2D eigenvalue weighted by molar-refractivity contribution is 6.19. The maximum Gasteiger partial charge on any atom is 0.251 e. The Kier molecular flexibility index (Phi) is 5.15. The molecule has 0 radical (unpaired) electrons. The third-order valence-electron chi connectivity index (χ3n) is 5.85. The van der Waals surface area contributed by atoms with Crippen LogP contribution >= 0.6 is 0 Å². The van der Waals surface area contributed by atoms with E-state index in [4.69, 9.17) is 16.2 Å². The number of aromatic amines is 1. The molecular formula is C25H25N3O3. The number of hydrogen-bond acceptors (Lipinski definition) is 3. The Morgan fingerprint density at radius 3 is 2.32 bits per heavy atom. The summed E-state index contributed by atoms with van der Waals surface area (Å²) < 4.78 is 5.44. The number of nitrogens with two attached hydrogens (primary N) is 2. The van der Waals surface area contributed by atoms with Gasteiger partial charge in [0.15, 0.2) is 0 Å². The summed E-state index contributed by atoms with van der Waals surface area (Å²) in [6, 6.07) is 13.1. The Bertz CT molecular complexity index is 1350. The number of amides is 2. The summed E-state index contributed by atoms with van der Waals surface area (Å²) in [5.41, 5.74) is 17.7. The van der Waals surface area contributed by atoms with E-state index < -0.39 is 11.8 Å². The first-order valence-electron chi connectivity index (χ1n) is 10.3. The molecule has 0 aliphatic carbocycles. The first-order valence-corrected chi connectivity index (χ1v) is 10.3. The van der Waals surface area contributed by atoms with E-state index in [0.29, 0.717) is 23.1 Å². The molecule has 0 aliphatic heterocycles. The second-order valence-corrected chi connectivity index (χ2v) is 7.51. The molecule has 1 aromatic heterocycles. The standard InChI is InChI=1S/C25H25N3O3/c1-4-16-20(13-7-6-8-15(11-13)31-3)17(5-2)22(25(27)30)23-21(16)18-10-9-14(24(26)29)12-19(18)28-23/h6-12,28H,4-5H2,1-3H3,(H2,26,29)(H2,27,30). The van der Waals surface area contributed by atoms with Gasteiger partial charge < -0.3 is 21.2 Å². The number of fused-ring (bicyclic) bond motifs is 3. The zero-order chi connectivity index (χ0) is 22.3. The van der Waals surface area contributed by atoms with Gasteiger partial charge in [-0.2, -0.15) is 0 Å². The highest BCUT2D eigenvalue weighted by Gasteiger charge is 2.25. The summed E-state index contributed by atoms with van der Waals surface area (Å²) in [6.07, 6.45) is 1.38. The highest BCUT2D eigenvalue weighted by atomic mass is 16.5. The first-order chi connectivity index (χ1) is 14.9. The average molecular weight is 415 g/mol. The van der Waals surface area contributed by atoms with Crippen LogP contribution in [-0.2, 0) is 12.8 Å². The van der Waals surface area contributed by atoms with E-state index in [1.54, 1.807) is 19.2 Å². The van der Waals surface area contributed by atoms with Crippen LogP contribution < -0.4 is 16.2 Å². The quantitative estimate of drug-likeness (QED) is 0.436. The fraction of sp³-hybridized carbons (Fsp3) is 0.200.